The Bertz CT molecular complexity index is 822. The monoisotopic (exact) mass is 369 g/mol. The second-order valence-corrected chi connectivity index (χ2v) is 8.29. The van der Waals surface area contributed by atoms with Gasteiger partial charge in [-0.2, -0.15) is 0 Å². The lowest BCUT2D eigenvalue weighted by atomic mass is 9.84. The molecule has 1 aliphatic heterocycles. The summed E-state index contributed by atoms with van der Waals surface area (Å²) in [5.74, 6) is 1.22. The summed E-state index contributed by atoms with van der Waals surface area (Å²) >= 11 is 0. The maximum atomic E-state index is 12.4. The highest BCUT2D eigenvalue weighted by Gasteiger charge is 2.20. The van der Waals surface area contributed by atoms with Crippen molar-refractivity contribution in [1.82, 2.24) is 4.90 Å². The molecule has 1 aromatic heterocycles. The smallest absolute Gasteiger partial charge is 0.339 e. The first-order valence-corrected chi connectivity index (χ1v) is 10.6. The van der Waals surface area contributed by atoms with Gasteiger partial charge in [0.15, 0.2) is 0 Å². The molecule has 0 amide bonds. The molecule has 0 bridgehead atoms. The number of likely N-dealkylation sites (tertiary alicyclic amines) is 1. The Morgan fingerprint density at radius 2 is 1.89 bits per heavy atom. The van der Waals surface area contributed by atoms with Crippen LogP contribution in [0.2, 0.25) is 0 Å². The first-order chi connectivity index (χ1) is 13.2. The molecule has 2 aromatic rings. The largest absolute Gasteiger partial charge is 0.494 e. The van der Waals surface area contributed by atoms with E-state index in [4.69, 9.17) is 9.15 Å². The molecule has 1 unspecified atom stereocenters. The van der Waals surface area contributed by atoms with Crippen molar-refractivity contribution in [3.8, 4) is 5.75 Å². The zero-order chi connectivity index (χ0) is 18.6. The Morgan fingerprint density at radius 3 is 2.70 bits per heavy atom. The summed E-state index contributed by atoms with van der Waals surface area (Å²) in [6, 6.07) is 8.48. The Balaban J connectivity index is 1.45. The van der Waals surface area contributed by atoms with Crippen LogP contribution in [0.4, 0.5) is 0 Å². The number of benzene rings is 1. The minimum absolute atomic E-state index is 0.164. The van der Waals surface area contributed by atoms with Crippen molar-refractivity contribution in [2.75, 3.05) is 20.2 Å². The molecule has 1 saturated carbocycles. The highest BCUT2D eigenvalue weighted by atomic mass is 16.5. The fraction of sp³-hybridized carbons (Fsp3) is 0.609. The van der Waals surface area contributed by atoms with Crippen molar-refractivity contribution in [2.45, 2.75) is 69.7 Å². The summed E-state index contributed by atoms with van der Waals surface area (Å²) in [7, 11) is 2.22. The lowest BCUT2D eigenvalue weighted by Gasteiger charge is -2.32. The molecule has 0 radical (unpaired) electrons. The molecule has 0 spiro atoms. The van der Waals surface area contributed by atoms with Crippen LogP contribution in [0.15, 0.2) is 33.5 Å². The van der Waals surface area contributed by atoms with E-state index in [2.05, 4.69) is 11.9 Å². The van der Waals surface area contributed by atoms with Crippen LogP contribution in [0.3, 0.4) is 0 Å². The standard InChI is InChI=1S/C23H31NO3/c1-24-13-6-5-9-19(24)12-14-26-20-10-11-22-18(15-20)16-21(23(25)27-22)17-7-3-2-4-8-17/h10-11,15-17,19H,2-9,12-14H2,1H3. The summed E-state index contributed by atoms with van der Waals surface area (Å²) in [4.78, 5) is 14.8. The fourth-order valence-electron chi connectivity index (χ4n) is 4.73. The number of piperidine rings is 1. The van der Waals surface area contributed by atoms with Gasteiger partial charge >= 0.3 is 5.63 Å². The normalized spacial score (nSPS) is 22.2. The van der Waals surface area contributed by atoms with E-state index in [0.717, 1.165) is 42.6 Å². The highest BCUT2D eigenvalue weighted by Crippen LogP contribution is 2.32. The van der Waals surface area contributed by atoms with Crippen molar-refractivity contribution in [3.63, 3.8) is 0 Å². The average molecular weight is 370 g/mol. The molecule has 4 nitrogen and oxygen atoms in total. The third-order valence-corrected chi connectivity index (χ3v) is 6.42. The first kappa shape index (κ1) is 18.5. The molecule has 4 heteroatoms. The second kappa shape index (κ2) is 8.47. The van der Waals surface area contributed by atoms with Crippen LogP contribution in [-0.2, 0) is 0 Å². The number of ether oxygens (including phenoxy) is 1. The molecule has 2 heterocycles. The summed E-state index contributed by atoms with van der Waals surface area (Å²) < 4.78 is 11.6. The van der Waals surface area contributed by atoms with E-state index in [9.17, 15) is 4.79 Å². The van der Waals surface area contributed by atoms with E-state index in [1.807, 2.05) is 24.3 Å². The molecular formula is C23H31NO3. The summed E-state index contributed by atoms with van der Waals surface area (Å²) in [6.07, 6.45) is 10.9. The van der Waals surface area contributed by atoms with E-state index in [0.29, 0.717) is 17.5 Å². The summed E-state index contributed by atoms with van der Waals surface area (Å²) in [5, 5.41) is 0.974. The maximum absolute atomic E-state index is 12.4. The van der Waals surface area contributed by atoms with Gasteiger partial charge in [0.1, 0.15) is 11.3 Å². The second-order valence-electron chi connectivity index (χ2n) is 8.29. The van der Waals surface area contributed by atoms with E-state index in [1.165, 1.54) is 45.1 Å². The van der Waals surface area contributed by atoms with Gasteiger partial charge in [-0.25, -0.2) is 4.79 Å². The lowest BCUT2D eigenvalue weighted by molar-refractivity contribution is 0.153. The van der Waals surface area contributed by atoms with Gasteiger partial charge in [-0.05, 0) is 75.9 Å². The molecule has 27 heavy (non-hydrogen) atoms. The minimum Gasteiger partial charge on any atom is -0.494 e. The predicted octanol–water partition coefficient (Wildman–Crippen LogP) is 5.09. The molecule has 2 fully saturated rings. The van der Waals surface area contributed by atoms with E-state index in [-0.39, 0.29) is 5.63 Å². The average Bonchev–Trinajstić information content (AvgIpc) is 2.70. The van der Waals surface area contributed by atoms with Gasteiger partial charge in [-0.1, -0.05) is 25.7 Å². The number of rotatable bonds is 5. The summed E-state index contributed by atoms with van der Waals surface area (Å²) in [6.45, 7) is 1.93. The third-order valence-electron chi connectivity index (χ3n) is 6.42. The predicted molar refractivity (Wildman–Crippen MR) is 109 cm³/mol. The van der Waals surface area contributed by atoms with Gasteiger partial charge in [0, 0.05) is 17.0 Å². The molecule has 1 aliphatic carbocycles. The van der Waals surface area contributed by atoms with Crippen molar-refractivity contribution in [1.29, 1.82) is 0 Å². The van der Waals surface area contributed by atoms with Crippen LogP contribution in [-0.4, -0.2) is 31.1 Å². The minimum atomic E-state index is -0.164. The molecule has 1 atom stereocenters. The van der Waals surface area contributed by atoms with Crippen LogP contribution >= 0.6 is 0 Å². The SMILES string of the molecule is CN1CCCCC1CCOc1ccc2oc(=O)c(C3CCCCC3)cc2c1. The zero-order valence-electron chi connectivity index (χ0n) is 16.4. The van der Waals surface area contributed by atoms with Crippen molar-refractivity contribution >= 4 is 11.0 Å². The fourth-order valence-corrected chi connectivity index (χ4v) is 4.73. The molecule has 1 aromatic carbocycles. The lowest BCUT2D eigenvalue weighted by Crippen LogP contribution is -2.37. The van der Waals surface area contributed by atoms with Crippen LogP contribution in [0.1, 0.15) is 69.3 Å². The number of hydrogen-bond donors (Lipinski definition) is 0. The van der Waals surface area contributed by atoms with Gasteiger partial charge in [-0.15, -0.1) is 0 Å². The third kappa shape index (κ3) is 4.37. The molecule has 2 aliphatic rings. The Labute approximate surface area is 161 Å². The number of fused-ring (bicyclic) bond motifs is 1. The van der Waals surface area contributed by atoms with Crippen molar-refractivity contribution < 1.29 is 9.15 Å². The van der Waals surface area contributed by atoms with Gasteiger partial charge in [-0.3, -0.25) is 0 Å². The Morgan fingerprint density at radius 1 is 1.07 bits per heavy atom. The van der Waals surface area contributed by atoms with Gasteiger partial charge in [0.05, 0.1) is 6.61 Å². The van der Waals surface area contributed by atoms with E-state index >= 15 is 0 Å². The number of hydrogen-bond acceptors (Lipinski definition) is 4. The number of nitrogens with zero attached hydrogens (tertiary/aromatic N) is 1. The van der Waals surface area contributed by atoms with Crippen molar-refractivity contribution in [2.24, 2.45) is 0 Å². The van der Waals surface area contributed by atoms with Gasteiger partial charge in [0.2, 0.25) is 0 Å². The summed E-state index contributed by atoms with van der Waals surface area (Å²) in [5.41, 5.74) is 1.34. The van der Waals surface area contributed by atoms with Crippen LogP contribution in [0.25, 0.3) is 11.0 Å². The van der Waals surface area contributed by atoms with E-state index in [1.54, 1.807) is 0 Å². The van der Waals surface area contributed by atoms with Crippen LogP contribution < -0.4 is 10.4 Å². The molecule has 1 saturated heterocycles. The Kier molecular flexibility index (Phi) is 5.82. The molecular weight excluding hydrogens is 338 g/mol. The van der Waals surface area contributed by atoms with Gasteiger partial charge < -0.3 is 14.1 Å². The Hall–Kier alpha value is -1.81. The maximum Gasteiger partial charge on any atom is 0.339 e. The zero-order valence-corrected chi connectivity index (χ0v) is 16.4. The molecule has 4 rings (SSSR count). The van der Waals surface area contributed by atoms with Crippen LogP contribution in [0.5, 0.6) is 5.75 Å². The quantitative estimate of drug-likeness (QED) is 0.688. The molecule has 146 valence electrons. The first-order valence-electron chi connectivity index (χ1n) is 10.6. The molecule has 0 N–H and O–H groups in total. The highest BCUT2D eigenvalue weighted by molar-refractivity contribution is 5.78. The van der Waals surface area contributed by atoms with Crippen molar-refractivity contribution in [3.05, 3.63) is 40.2 Å². The topological polar surface area (TPSA) is 42.7 Å². The van der Waals surface area contributed by atoms with E-state index < -0.39 is 0 Å². The van der Waals surface area contributed by atoms with Gasteiger partial charge in [0.25, 0.3) is 0 Å². The van der Waals surface area contributed by atoms with Crippen LogP contribution in [0, 0.1) is 0 Å².